The van der Waals surface area contributed by atoms with Gasteiger partial charge in [0.05, 0.1) is 6.61 Å². The first-order valence-electron chi connectivity index (χ1n) is 20.5. The van der Waals surface area contributed by atoms with E-state index in [1.165, 1.54) is 44.6 Å². The highest BCUT2D eigenvalue weighted by Crippen LogP contribution is 2.09. The summed E-state index contributed by atoms with van der Waals surface area (Å²) < 4.78 is 0. The van der Waals surface area contributed by atoms with Gasteiger partial charge in [0.1, 0.15) is 30.5 Å². The minimum atomic E-state index is -1.79. The van der Waals surface area contributed by atoms with Crippen LogP contribution in [0.4, 0.5) is 0 Å². The van der Waals surface area contributed by atoms with Crippen molar-refractivity contribution in [3.63, 3.8) is 0 Å². The van der Waals surface area contributed by atoms with Crippen molar-refractivity contribution in [2.24, 2.45) is 11.7 Å². The average Bonchev–Trinajstić information content (AvgIpc) is 3.18. The number of aldehydes is 1. The summed E-state index contributed by atoms with van der Waals surface area (Å²) in [5.41, 5.74) is 15.7. The Balaban J connectivity index is -0.00000132. The normalized spacial score (nSPS) is 16.1. The van der Waals surface area contributed by atoms with Gasteiger partial charge in [-0.2, -0.15) is 0 Å². The maximum Gasteiger partial charge on any atom is 0.320 e. The zero-order valence-corrected chi connectivity index (χ0v) is 38.5. The number of carbonyl (C=O) groups is 2. The van der Waals surface area contributed by atoms with E-state index in [0.717, 1.165) is 25.7 Å². The number of aliphatic hydroxyl groups excluding tert-OH is 5. The fourth-order valence-electron chi connectivity index (χ4n) is 4.32. The molecule has 0 saturated heterocycles. The molecule has 5 atom stereocenters. The molecule has 336 valence electrons. The Morgan fingerprint density at radius 3 is 1.15 bits per heavy atom. The van der Waals surface area contributed by atoms with Gasteiger partial charge in [0, 0.05) is 0 Å². The van der Waals surface area contributed by atoms with Crippen LogP contribution in [0.5, 0.6) is 0 Å². The van der Waals surface area contributed by atoms with Gasteiger partial charge in [-0.1, -0.05) is 168 Å². The first-order chi connectivity index (χ1) is 28.1. The van der Waals surface area contributed by atoms with Gasteiger partial charge in [0.2, 0.25) is 0 Å². The second-order valence-corrected chi connectivity index (χ2v) is 15.6. The van der Waals surface area contributed by atoms with E-state index >= 15 is 0 Å². The minimum Gasteiger partial charge on any atom is -0.480 e. The number of aliphatic hydroxyl groups is 5. The Bertz CT molecular complexity index is 1540. The lowest BCUT2D eigenvalue weighted by Crippen LogP contribution is -2.46. The van der Waals surface area contributed by atoms with Crippen LogP contribution in [-0.4, -0.2) is 80.0 Å². The van der Waals surface area contributed by atoms with Gasteiger partial charge >= 0.3 is 5.97 Å². The van der Waals surface area contributed by atoms with Crippen LogP contribution in [0, 0.1) is 5.92 Å². The second kappa shape index (κ2) is 37.5. The summed E-state index contributed by atoms with van der Waals surface area (Å²) in [5.74, 6) is -0.910. The number of carboxylic acid groups (broad SMARTS) is 1. The van der Waals surface area contributed by atoms with Crippen molar-refractivity contribution in [3.05, 3.63) is 154 Å². The van der Waals surface area contributed by atoms with Gasteiger partial charge in [-0.05, 0) is 101 Å². The molecule has 0 spiro atoms. The van der Waals surface area contributed by atoms with Crippen molar-refractivity contribution in [2.75, 3.05) is 6.61 Å². The van der Waals surface area contributed by atoms with Crippen LogP contribution in [0.15, 0.2) is 154 Å². The molecule has 0 heterocycles. The van der Waals surface area contributed by atoms with Gasteiger partial charge in [-0.25, -0.2) is 0 Å². The van der Waals surface area contributed by atoms with Crippen LogP contribution >= 0.6 is 0 Å². The summed E-state index contributed by atoms with van der Waals surface area (Å²) in [6, 6.07) is -0.713. The number of nitrogens with two attached hydrogens (primary N) is 1. The van der Waals surface area contributed by atoms with Gasteiger partial charge in [-0.3, -0.25) is 4.79 Å². The molecule has 0 fully saturated rings. The molecule has 0 aromatic rings. The zero-order chi connectivity index (χ0) is 46.6. The van der Waals surface area contributed by atoms with Gasteiger partial charge in [-0.15, -0.1) is 0 Å². The molecule has 0 aromatic heterocycles. The predicted octanol–water partition coefficient (Wildman–Crippen LogP) is 9.61. The van der Waals surface area contributed by atoms with Crippen molar-refractivity contribution in [1.82, 2.24) is 0 Å². The number of hydrogen-bond donors (Lipinski definition) is 7. The van der Waals surface area contributed by atoms with E-state index in [9.17, 15) is 9.59 Å². The molecule has 9 heteroatoms. The number of aliphatic carboxylic acids is 1. The van der Waals surface area contributed by atoms with Crippen molar-refractivity contribution in [2.45, 2.75) is 139 Å². The van der Waals surface area contributed by atoms with Crippen LogP contribution in [-0.2, 0) is 9.59 Å². The maximum atomic E-state index is 10.0. The standard InChI is InChI=1S/C40H56.C6H12O6.C5H11NO2/c1-33(2)19-13-23-37(7)27-17-31-39(9)29-15-25-35(5)21-11-12-22-36(6)26-16-30-40(10)32-18-28-38(8)24-14-20-34(3)4;7-1-3(9)5(11)6(12)4(10)2-8;1-3(2)4(6)5(7)8/h11-12,15-22,25-32H,13-14,23-24H2,1-10H3;1,3-6,8-12H,2H2;3-4H,6H2,1-2H3,(H,7,8)/b12-11+,25-15+,26-16+,31-17+,32-18+,35-21+,36-22+,37-27+,38-28+,39-29+,40-30+;;/t;3-,4+,5+,6+;/m.0./s1. The van der Waals surface area contributed by atoms with Crippen molar-refractivity contribution in [3.8, 4) is 0 Å². The molecule has 0 aromatic carbocycles. The number of hydrogen-bond acceptors (Lipinski definition) is 8. The molecule has 9 nitrogen and oxygen atoms in total. The fraction of sp³-hybridized carbons (Fsp3) is 0.451. The smallest absolute Gasteiger partial charge is 0.320 e. The monoisotopic (exact) mass is 834 g/mol. The quantitative estimate of drug-likeness (QED) is 0.0300. The van der Waals surface area contributed by atoms with Crippen molar-refractivity contribution < 1.29 is 40.2 Å². The van der Waals surface area contributed by atoms with Gasteiger partial charge in [0.25, 0.3) is 0 Å². The van der Waals surface area contributed by atoms with Crippen molar-refractivity contribution in [1.29, 1.82) is 0 Å². The third kappa shape index (κ3) is 37.8. The molecule has 60 heavy (non-hydrogen) atoms. The number of rotatable bonds is 23. The number of carboxylic acids is 1. The maximum absolute atomic E-state index is 10.0. The summed E-state index contributed by atoms with van der Waals surface area (Å²) in [5, 5.41) is 51.8. The molecule has 0 saturated carbocycles. The Kier molecular flexibility index (Phi) is 37.4. The van der Waals surface area contributed by atoms with E-state index in [2.05, 4.69) is 179 Å². The van der Waals surface area contributed by atoms with E-state index in [1.54, 1.807) is 13.8 Å². The number of carbonyl (C=O) groups excluding carboxylic acids is 1. The first kappa shape index (κ1) is 59.8. The van der Waals surface area contributed by atoms with Crippen molar-refractivity contribution >= 4 is 12.3 Å². The molecule has 0 aliphatic rings. The lowest BCUT2D eigenvalue weighted by Gasteiger charge is -2.22. The lowest BCUT2D eigenvalue weighted by atomic mass is 10.0. The average molecular weight is 834 g/mol. The molecule has 0 bridgehead atoms. The first-order valence-corrected chi connectivity index (χ1v) is 20.5. The molecule has 0 amide bonds. The molecule has 0 aliphatic heterocycles. The minimum absolute atomic E-state index is 0.0208. The number of allylic oxidation sites excluding steroid dienone is 26. The summed E-state index contributed by atoms with van der Waals surface area (Å²) in [6.45, 7) is 24.3. The highest BCUT2D eigenvalue weighted by Gasteiger charge is 2.29. The lowest BCUT2D eigenvalue weighted by molar-refractivity contribution is -0.139. The molecule has 0 aliphatic carbocycles. The SMILES string of the molecule is CC(C)=CCC/C(C)=C/C=C/C(C)=C/C=C/C(C)=C/C=C/C=C(C)/C=C/C=C(C)/C=C/C=C(\C)CCC=C(C)C.CC(C)C(N)C(=O)O.O=C[C@H](O)[C@@H](O)[C@H](O)[C@H](O)CO. The molecular weight excluding hydrogens is 755 g/mol. The van der Waals surface area contributed by atoms with E-state index in [1.807, 2.05) is 0 Å². The van der Waals surface area contributed by atoms with Gasteiger partial charge in [0.15, 0.2) is 6.29 Å². The topological polar surface area (TPSA) is 182 Å². The molecule has 1 unspecified atom stereocenters. The Labute approximate surface area is 362 Å². The molecule has 8 N–H and O–H groups in total. The highest BCUT2D eigenvalue weighted by atomic mass is 16.4. The second-order valence-electron chi connectivity index (χ2n) is 15.6. The third-order valence-electron chi connectivity index (χ3n) is 8.35. The Hall–Kier alpha value is -4.48. The highest BCUT2D eigenvalue weighted by molar-refractivity contribution is 5.73. The largest absolute Gasteiger partial charge is 0.480 e. The van der Waals surface area contributed by atoms with Gasteiger partial charge < -0.3 is 41.2 Å². The van der Waals surface area contributed by atoms with Crippen LogP contribution < -0.4 is 5.73 Å². The third-order valence-corrected chi connectivity index (χ3v) is 8.35. The zero-order valence-electron chi connectivity index (χ0n) is 38.5. The van der Waals surface area contributed by atoms with Crippen LogP contribution in [0.25, 0.3) is 0 Å². The summed E-state index contributed by atoms with van der Waals surface area (Å²) >= 11 is 0. The summed E-state index contributed by atoms with van der Waals surface area (Å²) in [7, 11) is 0. The summed E-state index contributed by atoms with van der Waals surface area (Å²) in [6.07, 6.45) is 36.5. The Morgan fingerprint density at radius 2 is 0.883 bits per heavy atom. The Morgan fingerprint density at radius 1 is 0.550 bits per heavy atom. The van der Waals surface area contributed by atoms with Crippen LogP contribution in [0.3, 0.4) is 0 Å². The van der Waals surface area contributed by atoms with E-state index < -0.39 is 43.0 Å². The van der Waals surface area contributed by atoms with Crippen LogP contribution in [0.1, 0.15) is 109 Å². The van der Waals surface area contributed by atoms with E-state index in [-0.39, 0.29) is 12.2 Å². The predicted molar refractivity (Wildman–Crippen MR) is 253 cm³/mol. The van der Waals surface area contributed by atoms with Crippen LogP contribution in [0.2, 0.25) is 0 Å². The molecule has 0 rings (SSSR count). The fourth-order valence-corrected chi connectivity index (χ4v) is 4.32. The molecular formula is C51H79NO8. The molecule has 0 radical (unpaired) electrons. The van der Waals surface area contributed by atoms with E-state index in [0.29, 0.717) is 0 Å². The summed E-state index contributed by atoms with van der Waals surface area (Å²) in [4.78, 5) is 19.9. The van der Waals surface area contributed by atoms with E-state index in [4.69, 9.17) is 36.4 Å².